The second-order valence-corrected chi connectivity index (χ2v) is 7.83. The fourth-order valence-corrected chi connectivity index (χ4v) is 3.62. The minimum absolute atomic E-state index is 0.137. The molecule has 172 valence electrons. The van der Waals surface area contributed by atoms with Gasteiger partial charge >= 0.3 is 6.09 Å². The highest BCUT2D eigenvalue weighted by molar-refractivity contribution is 6.29. The van der Waals surface area contributed by atoms with Crippen LogP contribution in [0.15, 0.2) is 24.5 Å². The third-order valence-corrected chi connectivity index (χ3v) is 5.28. The lowest BCUT2D eigenvalue weighted by atomic mass is 10.0. The van der Waals surface area contributed by atoms with Crippen LogP contribution in [0.3, 0.4) is 0 Å². The highest BCUT2D eigenvalue weighted by atomic mass is 35.5. The predicted octanol–water partition coefficient (Wildman–Crippen LogP) is 1.80. The van der Waals surface area contributed by atoms with Crippen molar-refractivity contribution in [3.63, 3.8) is 0 Å². The molecule has 1 aliphatic heterocycles. The lowest BCUT2D eigenvalue weighted by molar-refractivity contribution is 0.0708. The molecule has 0 bridgehead atoms. The van der Waals surface area contributed by atoms with Gasteiger partial charge in [0.15, 0.2) is 0 Å². The second kappa shape index (κ2) is 11.2. The molecule has 2 aromatic heterocycles. The summed E-state index contributed by atoms with van der Waals surface area (Å²) in [6.07, 6.45) is 2.61. The van der Waals surface area contributed by atoms with Crippen molar-refractivity contribution in [2.45, 2.75) is 31.8 Å². The lowest BCUT2D eigenvalue weighted by Gasteiger charge is -2.38. The van der Waals surface area contributed by atoms with Crippen molar-refractivity contribution in [3.8, 4) is 11.4 Å². The van der Waals surface area contributed by atoms with Gasteiger partial charge in [0.1, 0.15) is 17.2 Å². The van der Waals surface area contributed by atoms with Crippen LogP contribution in [0.25, 0.3) is 11.4 Å². The third kappa shape index (κ3) is 5.90. The summed E-state index contributed by atoms with van der Waals surface area (Å²) in [5, 5.41) is 15.8. The van der Waals surface area contributed by atoms with E-state index in [1.165, 1.54) is 19.4 Å². The number of unbranched alkanes of at least 4 members (excludes halogenated alkanes) is 1. The van der Waals surface area contributed by atoms with Crippen LogP contribution in [0.1, 0.15) is 41.9 Å². The molecule has 32 heavy (non-hydrogen) atoms. The molecule has 3 rings (SSSR count). The van der Waals surface area contributed by atoms with Gasteiger partial charge in [-0.25, -0.2) is 19.7 Å². The highest BCUT2D eigenvalue weighted by Crippen LogP contribution is 2.26. The maximum atomic E-state index is 12.5. The number of hydrogen-bond acceptors (Lipinski definition) is 8. The molecule has 0 spiro atoms. The van der Waals surface area contributed by atoms with E-state index in [9.17, 15) is 14.7 Å². The van der Waals surface area contributed by atoms with Crippen molar-refractivity contribution in [1.29, 1.82) is 0 Å². The number of carbonyl (C=O) groups is 2. The van der Waals surface area contributed by atoms with Crippen molar-refractivity contribution in [3.05, 3.63) is 40.9 Å². The zero-order valence-corrected chi connectivity index (χ0v) is 18.8. The first-order valence-electron chi connectivity index (χ1n) is 10.5. The molecule has 10 nitrogen and oxygen atoms in total. The number of hydrogen-bond donors (Lipinski definition) is 3. The first-order valence-corrected chi connectivity index (χ1v) is 10.8. The minimum atomic E-state index is -0.408. The summed E-state index contributed by atoms with van der Waals surface area (Å²) in [6, 6.07) is 4.40. The number of aromatic nitrogens is 3. The maximum absolute atomic E-state index is 12.5. The van der Waals surface area contributed by atoms with Crippen LogP contribution in [0.2, 0.25) is 5.15 Å². The molecule has 2 amide bonds. The van der Waals surface area contributed by atoms with Crippen LogP contribution >= 0.6 is 11.6 Å². The van der Waals surface area contributed by atoms with E-state index in [-0.39, 0.29) is 35.4 Å². The first kappa shape index (κ1) is 23.8. The number of carbonyl (C=O) groups excluding carboxylic acids is 2. The number of pyridine rings is 1. The summed E-state index contributed by atoms with van der Waals surface area (Å²) in [4.78, 5) is 38.5. The fraction of sp³-hybridized carbons (Fsp3) is 0.476. The Labute approximate surface area is 191 Å². The van der Waals surface area contributed by atoms with E-state index in [1.807, 2.05) is 6.92 Å². The molecule has 0 aromatic carbocycles. The number of amides is 2. The summed E-state index contributed by atoms with van der Waals surface area (Å²) in [5.41, 5.74) is 1.88. The number of nitrogens with zero attached hydrogens (tertiary/aromatic N) is 4. The summed E-state index contributed by atoms with van der Waals surface area (Å²) >= 11 is 6.29. The number of aliphatic hydroxyl groups is 1. The fourth-order valence-electron chi connectivity index (χ4n) is 3.41. The minimum Gasteiger partial charge on any atom is -0.449 e. The van der Waals surface area contributed by atoms with E-state index in [1.54, 1.807) is 17.0 Å². The Hall–Kier alpha value is -2.82. The lowest BCUT2D eigenvalue weighted by Crippen LogP contribution is -2.55. The topological polar surface area (TPSA) is 130 Å². The Balaban J connectivity index is 1.86. The molecule has 1 saturated heterocycles. The first-order chi connectivity index (χ1) is 15.4. The molecule has 3 N–H and O–H groups in total. The Morgan fingerprint density at radius 2 is 2.09 bits per heavy atom. The SMILES string of the molecule is CCCCOC(=O)N1CC(CO)NC(c2cc(Cl)nc(-c3cc(C(=O)NC)ncn3)c2)C1. The average molecular weight is 463 g/mol. The van der Waals surface area contributed by atoms with Gasteiger partial charge in [-0.05, 0) is 30.2 Å². The van der Waals surface area contributed by atoms with Crippen LogP contribution in [-0.2, 0) is 4.74 Å². The molecule has 3 heterocycles. The Morgan fingerprint density at radius 3 is 2.81 bits per heavy atom. The monoisotopic (exact) mass is 462 g/mol. The standard InChI is InChI=1S/C21H27ClN6O4/c1-3-4-5-32-21(31)28-9-14(11-29)26-18(10-28)13-6-16(27-19(22)7-13)15-8-17(20(30)23-2)25-12-24-15/h6-8,12,14,18,26,29H,3-5,9-11H2,1-2H3,(H,23,30). The van der Waals surface area contributed by atoms with Crippen molar-refractivity contribution < 1.29 is 19.4 Å². The molecule has 0 saturated carbocycles. The molecule has 2 atom stereocenters. The zero-order valence-electron chi connectivity index (χ0n) is 18.0. The number of halogens is 1. The van der Waals surface area contributed by atoms with Crippen LogP contribution < -0.4 is 10.6 Å². The van der Waals surface area contributed by atoms with Crippen LogP contribution in [0, 0.1) is 0 Å². The zero-order chi connectivity index (χ0) is 23.1. The van der Waals surface area contributed by atoms with E-state index in [2.05, 4.69) is 25.6 Å². The normalized spacial score (nSPS) is 18.3. The third-order valence-electron chi connectivity index (χ3n) is 5.09. The molecule has 2 aromatic rings. The van der Waals surface area contributed by atoms with Gasteiger partial charge in [-0.2, -0.15) is 0 Å². The van der Waals surface area contributed by atoms with Crippen molar-refractivity contribution in [2.24, 2.45) is 0 Å². The highest BCUT2D eigenvalue weighted by Gasteiger charge is 2.31. The predicted molar refractivity (Wildman–Crippen MR) is 118 cm³/mol. The smallest absolute Gasteiger partial charge is 0.409 e. The van der Waals surface area contributed by atoms with Crippen LogP contribution in [0.5, 0.6) is 0 Å². The number of ether oxygens (including phenoxy) is 1. The molecular weight excluding hydrogens is 436 g/mol. The van der Waals surface area contributed by atoms with E-state index >= 15 is 0 Å². The Bertz CT molecular complexity index is 960. The summed E-state index contributed by atoms with van der Waals surface area (Å²) in [7, 11) is 1.52. The molecule has 0 radical (unpaired) electrons. The van der Waals surface area contributed by atoms with Gasteiger partial charge in [-0.15, -0.1) is 0 Å². The summed E-state index contributed by atoms with van der Waals surface area (Å²) < 4.78 is 5.35. The second-order valence-electron chi connectivity index (χ2n) is 7.45. The van der Waals surface area contributed by atoms with E-state index in [4.69, 9.17) is 16.3 Å². The summed E-state index contributed by atoms with van der Waals surface area (Å²) in [6.45, 7) is 2.93. The van der Waals surface area contributed by atoms with Crippen LogP contribution in [0.4, 0.5) is 4.79 Å². The Morgan fingerprint density at radius 1 is 1.28 bits per heavy atom. The van der Waals surface area contributed by atoms with Gasteiger partial charge in [0.25, 0.3) is 5.91 Å². The molecule has 1 fully saturated rings. The molecule has 2 unspecified atom stereocenters. The summed E-state index contributed by atoms with van der Waals surface area (Å²) in [5.74, 6) is -0.340. The van der Waals surface area contributed by atoms with Crippen LogP contribution in [-0.4, -0.2) is 76.4 Å². The van der Waals surface area contributed by atoms with Gasteiger partial charge in [0.05, 0.1) is 30.6 Å². The number of piperazine rings is 1. The van der Waals surface area contributed by atoms with Crippen molar-refractivity contribution in [1.82, 2.24) is 30.5 Å². The maximum Gasteiger partial charge on any atom is 0.409 e. The van der Waals surface area contributed by atoms with E-state index in [0.717, 1.165) is 18.4 Å². The number of aliphatic hydroxyl groups excluding tert-OH is 1. The number of rotatable bonds is 7. The molecule has 11 heteroatoms. The van der Waals surface area contributed by atoms with Gasteiger partial charge in [0, 0.05) is 26.2 Å². The molecule has 0 aliphatic carbocycles. The molecular formula is C21H27ClN6O4. The Kier molecular flexibility index (Phi) is 8.32. The largest absolute Gasteiger partial charge is 0.449 e. The van der Waals surface area contributed by atoms with E-state index < -0.39 is 6.09 Å². The van der Waals surface area contributed by atoms with Gasteiger partial charge in [0.2, 0.25) is 0 Å². The quantitative estimate of drug-likeness (QED) is 0.419. The van der Waals surface area contributed by atoms with Gasteiger partial charge in [-0.1, -0.05) is 24.9 Å². The van der Waals surface area contributed by atoms with Gasteiger partial charge < -0.3 is 25.4 Å². The van der Waals surface area contributed by atoms with Crippen molar-refractivity contribution >= 4 is 23.6 Å². The van der Waals surface area contributed by atoms with Gasteiger partial charge in [-0.3, -0.25) is 4.79 Å². The average Bonchev–Trinajstić information content (AvgIpc) is 2.82. The number of nitrogens with one attached hydrogen (secondary N) is 2. The van der Waals surface area contributed by atoms with E-state index in [0.29, 0.717) is 31.1 Å². The molecule has 1 aliphatic rings. The van der Waals surface area contributed by atoms with Crippen molar-refractivity contribution in [2.75, 3.05) is 33.4 Å².